The van der Waals surface area contributed by atoms with Crippen molar-refractivity contribution in [2.45, 2.75) is 50.3 Å². The molecule has 2 aliphatic heterocycles. The number of hydrogen-bond acceptors (Lipinski definition) is 5. The highest BCUT2D eigenvalue weighted by atomic mass is 35.5. The van der Waals surface area contributed by atoms with E-state index in [0.717, 1.165) is 62.8 Å². The molecule has 0 spiro atoms. The van der Waals surface area contributed by atoms with Crippen molar-refractivity contribution in [1.82, 2.24) is 9.80 Å². The number of hydrogen-bond donors (Lipinski definition) is 2. The fraction of sp³-hybridized carbons (Fsp3) is 0.586. The first-order chi connectivity index (χ1) is 17.5. The van der Waals surface area contributed by atoms with Gasteiger partial charge in [-0.3, -0.25) is 9.80 Å². The lowest BCUT2D eigenvalue weighted by Gasteiger charge is -2.55. The average Bonchev–Trinajstić information content (AvgIpc) is 3.71. The summed E-state index contributed by atoms with van der Waals surface area (Å²) in [5.74, 6) is 0.738. The maximum Gasteiger partial charge on any atom is 0.113 e. The Morgan fingerprint density at radius 1 is 0.944 bits per heavy atom. The lowest BCUT2D eigenvalue weighted by Crippen LogP contribution is -2.57. The molecule has 2 N–H and O–H groups in total. The summed E-state index contributed by atoms with van der Waals surface area (Å²) in [7, 11) is 0. The van der Waals surface area contributed by atoms with E-state index >= 15 is 0 Å². The molecule has 1 saturated carbocycles. The maximum atomic E-state index is 12.1. The Morgan fingerprint density at radius 2 is 1.69 bits per heavy atom. The fourth-order valence-electron chi connectivity index (χ4n) is 6.34. The molecule has 3 fully saturated rings. The van der Waals surface area contributed by atoms with Crippen molar-refractivity contribution in [2.24, 2.45) is 11.3 Å². The van der Waals surface area contributed by atoms with Gasteiger partial charge in [-0.05, 0) is 80.0 Å². The van der Waals surface area contributed by atoms with Crippen LogP contribution in [0.15, 0.2) is 48.5 Å². The summed E-state index contributed by atoms with van der Waals surface area (Å²) in [5, 5.41) is 23.8. The summed E-state index contributed by atoms with van der Waals surface area (Å²) >= 11 is 12.8. The molecule has 0 bridgehead atoms. The Hall–Kier alpha value is -1.18. The summed E-state index contributed by atoms with van der Waals surface area (Å²) < 4.78 is 5.55. The summed E-state index contributed by atoms with van der Waals surface area (Å²) in [6.45, 7) is 5.16. The summed E-state index contributed by atoms with van der Waals surface area (Å²) in [4.78, 5) is 4.77. The Kier molecular flexibility index (Phi) is 8.58. The van der Waals surface area contributed by atoms with E-state index in [2.05, 4.69) is 34.1 Å². The highest BCUT2D eigenvalue weighted by Gasteiger charge is 2.52. The molecule has 4 atom stereocenters. The third kappa shape index (κ3) is 5.94. The topological polar surface area (TPSA) is 56.2 Å². The largest absolute Gasteiger partial charge is 0.396 e. The van der Waals surface area contributed by atoms with Crippen molar-refractivity contribution in [3.63, 3.8) is 0 Å². The van der Waals surface area contributed by atoms with Crippen molar-refractivity contribution in [1.29, 1.82) is 0 Å². The molecule has 5 rings (SSSR count). The summed E-state index contributed by atoms with van der Waals surface area (Å²) in [5.41, 5.74) is 1.93. The van der Waals surface area contributed by atoms with E-state index < -0.39 is 11.6 Å². The molecule has 0 aromatic heterocycles. The minimum atomic E-state index is -0.637. The third-order valence-electron chi connectivity index (χ3n) is 8.52. The summed E-state index contributed by atoms with van der Waals surface area (Å²) in [6, 6.07) is 16.3. The molecular weight excluding hydrogens is 495 g/mol. The molecule has 2 unspecified atom stereocenters. The van der Waals surface area contributed by atoms with Gasteiger partial charge in [0.15, 0.2) is 0 Å². The van der Waals surface area contributed by atoms with Crippen LogP contribution < -0.4 is 0 Å². The summed E-state index contributed by atoms with van der Waals surface area (Å²) in [6.07, 6.45) is 3.97. The number of halogens is 2. The smallest absolute Gasteiger partial charge is 0.113 e. The van der Waals surface area contributed by atoms with E-state index in [4.69, 9.17) is 27.9 Å². The van der Waals surface area contributed by atoms with Gasteiger partial charge in [0.25, 0.3) is 0 Å². The van der Waals surface area contributed by atoms with E-state index in [1.165, 1.54) is 18.4 Å². The number of aliphatic hydroxyl groups excluding tert-OH is 2. The van der Waals surface area contributed by atoms with Crippen LogP contribution in [0.3, 0.4) is 0 Å². The monoisotopic (exact) mass is 532 g/mol. The quantitative estimate of drug-likeness (QED) is 0.456. The van der Waals surface area contributed by atoms with E-state index in [0.29, 0.717) is 17.4 Å². The molecule has 2 aromatic carbocycles. The van der Waals surface area contributed by atoms with Gasteiger partial charge in [-0.15, -0.1) is 0 Å². The zero-order chi connectivity index (χ0) is 25.1. The van der Waals surface area contributed by atoms with E-state index in [1.54, 1.807) is 0 Å². The van der Waals surface area contributed by atoms with Crippen LogP contribution >= 0.6 is 23.2 Å². The molecule has 7 heteroatoms. The number of rotatable bonds is 9. The Balaban J connectivity index is 1.55. The first kappa shape index (κ1) is 26.4. The molecule has 2 heterocycles. The second-order valence-corrected chi connectivity index (χ2v) is 11.8. The highest BCUT2D eigenvalue weighted by molar-refractivity contribution is 6.30. The molecule has 1 aliphatic carbocycles. The van der Waals surface area contributed by atoms with Crippen LogP contribution in [-0.2, 0) is 4.74 Å². The van der Waals surface area contributed by atoms with Crippen molar-refractivity contribution in [3.8, 4) is 0 Å². The molecule has 0 amide bonds. The van der Waals surface area contributed by atoms with Crippen LogP contribution in [-0.4, -0.2) is 72.2 Å². The minimum absolute atomic E-state index is 0.00605. The van der Waals surface area contributed by atoms with Gasteiger partial charge in [0.1, 0.15) is 6.23 Å². The van der Waals surface area contributed by atoms with Gasteiger partial charge < -0.3 is 14.9 Å². The number of ether oxygens (including phenoxy) is 1. The van der Waals surface area contributed by atoms with E-state index in [1.807, 2.05) is 24.3 Å². The molecular formula is C29H38Cl2N2O3. The number of aliphatic hydroxyl groups is 2. The molecule has 2 aromatic rings. The molecule has 5 nitrogen and oxygen atoms in total. The standard InChI is InChI=1S/C29H38Cl2N2O3/c30-24-8-6-22(7-9-24)27-26(23-2-1-3-25(31)18-23)19-29(11-15-34,10-12-32-13-16-36-17-14-32)28(35)33(27)20-21-4-5-21/h1-3,6-9,18,21,26-28,34-35H,4-5,10-17,19-20H2/t26-,27-,28?,29?/m1/s1. The molecule has 3 aliphatic rings. The second kappa shape index (κ2) is 11.7. The second-order valence-electron chi connectivity index (χ2n) is 10.9. The number of piperidine rings is 1. The normalized spacial score (nSPS) is 29.9. The molecule has 2 saturated heterocycles. The van der Waals surface area contributed by atoms with Crippen LogP contribution in [0.25, 0.3) is 0 Å². The highest BCUT2D eigenvalue weighted by Crippen LogP contribution is 2.55. The van der Waals surface area contributed by atoms with Crippen LogP contribution in [0, 0.1) is 11.3 Å². The first-order valence-corrected chi connectivity index (χ1v) is 14.1. The number of nitrogens with zero attached hydrogens (tertiary/aromatic N) is 2. The Morgan fingerprint density at radius 3 is 2.36 bits per heavy atom. The van der Waals surface area contributed by atoms with Gasteiger partial charge in [0.05, 0.1) is 13.2 Å². The van der Waals surface area contributed by atoms with Gasteiger partial charge in [-0.2, -0.15) is 0 Å². The van der Waals surface area contributed by atoms with Gasteiger partial charge in [0.2, 0.25) is 0 Å². The van der Waals surface area contributed by atoms with Crippen molar-refractivity contribution >= 4 is 23.2 Å². The lowest BCUT2D eigenvalue weighted by molar-refractivity contribution is -0.167. The minimum Gasteiger partial charge on any atom is -0.396 e. The van der Waals surface area contributed by atoms with Crippen molar-refractivity contribution in [2.75, 3.05) is 46.0 Å². The number of benzene rings is 2. The van der Waals surface area contributed by atoms with Gasteiger partial charge in [-0.25, -0.2) is 0 Å². The predicted octanol–water partition coefficient (Wildman–Crippen LogP) is 5.34. The zero-order valence-electron chi connectivity index (χ0n) is 20.9. The van der Waals surface area contributed by atoms with Gasteiger partial charge >= 0.3 is 0 Å². The third-order valence-corrected chi connectivity index (χ3v) is 9.01. The zero-order valence-corrected chi connectivity index (χ0v) is 22.4. The van der Waals surface area contributed by atoms with Gasteiger partial charge in [-0.1, -0.05) is 47.5 Å². The number of morpholine rings is 1. The van der Waals surface area contributed by atoms with Crippen molar-refractivity contribution in [3.05, 3.63) is 69.7 Å². The molecule has 196 valence electrons. The lowest BCUT2D eigenvalue weighted by atomic mass is 9.64. The van der Waals surface area contributed by atoms with Gasteiger partial charge in [0, 0.05) is 53.7 Å². The molecule has 0 radical (unpaired) electrons. The van der Waals surface area contributed by atoms with Crippen LogP contribution in [0.2, 0.25) is 10.0 Å². The first-order valence-electron chi connectivity index (χ1n) is 13.3. The fourth-order valence-corrected chi connectivity index (χ4v) is 6.66. The SMILES string of the molecule is OCCC1(CCN2CCOCC2)C[C@H](c2cccc(Cl)c2)[C@@H](c2ccc(Cl)cc2)N(CC2CC2)C1O. The van der Waals surface area contributed by atoms with Crippen LogP contribution in [0.1, 0.15) is 55.2 Å². The average molecular weight is 534 g/mol. The van der Waals surface area contributed by atoms with E-state index in [-0.39, 0.29) is 18.6 Å². The van der Waals surface area contributed by atoms with Crippen LogP contribution in [0.5, 0.6) is 0 Å². The maximum absolute atomic E-state index is 12.1. The Bertz CT molecular complexity index is 996. The van der Waals surface area contributed by atoms with Crippen molar-refractivity contribution < 1.29 is 14.9 Å². The van der Waals surface area contributed by atoms with Crippen LogP contribution in [0.4, 0.5) is 0 Å². The number of likely N-dealkylation sites (tertiary alicyclic amines) is 1. The predicted molar refractivity (Wildman–Crippen MR) is 144 cm³/mol. The molecule has 36 heavy (non-hydrogen) atoms. The van der Waals surface area contributed by atoms with E-state index in [9.17, 15) is 10.2 Å². The Labute approximate surface area is 225 Å².